The van der Waals surface area contributed by atoms with Gasteiger partial charge in [-0.05, 0) is 41.8 Å². The van der Waals surface area contributed by atoms with Crippen molar-refractivity contribution in [2.75, 3.05) is 18.4 Å². The van der Waals surface area contributed by atoms with Gasteiger partial charge in [0.05, 0.1) is 12.3 Å². The fraction of sp³-hybridized carbons (Fsp3) is 0.217. The molecule has 148 valence electrons. The average molecular weight is 389 g/mol. The Morgan fingerprint density at radius 2 is 1.69 bits per heavy atom. The summed E-state index contributed by atoms with van der Waals surface area (Å²) in [7, 11) is 0. The molecule has 1 aliphatic rings. The zero-order chi connectivity index (χ0) is 20.1. The number of hydrogen-bond acceptors (Lipinski definition) is 4. The quantitative estimate of drug-likeness (QED) is 0.658. The molecule has 0 radical (unpaired) electrons. The molecule has 2 heterocycles. The average Bonchev–Trinajstić information content (AvgIpc) is 3.29. The van der Waals surface area contributed by atoms with Gasteiger partial charge in [0.2, 0.25) is 0 Å². The third-order valence-electron chi connectivity index (χ3n) is 5.17. The van der Waals surface area contributed by atoms with Crippen molar-refractivity contribution in [3.63, 3.8) is 0 Å². The molecule has 6 nitrogen and oxygen atoms in total. The third kappa shape index (κ3) is 4.55. The van der Waals surface area contributed by atoms with Gasteiger partial charge in [-0.1, -0.05) is 42.5 Å². The molecule has 0 fully saturated rings. The van der Waals surface area contributed by atoms with Crippen molar-refractivity contribution in [1.29, 1.82) is 0 Å². The van der Waals surface area contributed by atoms with Crippen molar-refractivity contribution >= 4 is 17.5 Å². The first kappa shape index (κ1) is 19.0. The lowest BCUT2D eigenvalue weighted by Gasteiger charge is -2.34. The molecule has 29 heavy (non-hydrogen) atoms. The summed E-state index contributed by atoms with van der Waals surface area (Å²) in [5.41, 5.74) is 3.22. The number of hydrogen-bond donors (Lipinski definition) is 2. The molecule has 0 saturated carbocycles. The van der Waals surface area contributed by atoms with E-state index in [4.69, 9.17) is 4.42 Å². The van der Waals surface area contributed by atoms with E-state index in [1.807, 2.05) is 24.3 Å². The van der Waals surface area contributed by atoms with Gasteiger partial charge < -0.3 is 15.1 Å². The Bertz CT molecular complexity index is 970. The normalized spacial score (nSPS) is 14.6. The summed E-state index contributed by atoms with van der Waals surface area (Å²) >= 11 is 0. The molecule has 1 atom stereocenters. The molecule has 2 amide bonds. The minimum atomic E-state index is -0.682. The van der Waals surface area contributed by atoms with Gasteiger partial charge in [0.1, 0.15) is 5.76 Å². The van der Waals surface area contributed by atoms with Crippen LogP contribution in [-0.4, -0.2) is 29.8 Å². The Balaban J connectivity index is 1.42. The minimum Gasteiger partial charge on any atom is -0.468 e. The van der Waals surface area contributed by atoms with Crippen LogP contribution in [0.1, 0.15) is 22.9 Å². The minimum absolute atomic E-state index is 0.146. The summed E-state index contributed by atoms with van der Waals surface area (Å²) < 4.78 is 5.63. The van der Waals surface area contributed by atoms with Crippen LogP contribution < -0.4 is 10.6 Å². The number of nitrogens with one attached hydrogen (secondary N) is 2. The summed E-state index contributed by atoms with van der Waals surface area (Å²) in [5, 5.41) is 5.36. The number of nitrogens with zero attached hydrogens (tertiary/aromatic N) is 1. The van der Waals surface area contributed by atoms with Gasteiger partial charge in [0.25, 0.3) is 0 Å². The molecule has 0 bridgehead atoms. The highest BCUT2D eigenvalue weighted by atomic mass is 16.3. The van der Waals surface area contributed by atoms with E-state index in [1.54, 1.807) is 30.5 Å². The van der Waals surface area contributed by atoms with E-state index in [1.165, 1.54) is 11.1 Å². The Labute approximate surface area is 169 Å². The molecular weight excluding hydrogens is 366 g/mol. The highest BCUT2D eigenvalue weighted by Crippen LogP contribution is 2.27. The Morgan fingerprint density at radius 1 is 0.931 bits per heavy atom. The van der Waals surface area contributed by atoms with Gasteiger partial charge in [0, 0.05) is 25.3 Å². The molecule has 3 aromatic rings. The van der Waals surface area contributed by atoms with Gasteiger partial charge in [-0.25, -0.2) is 0 Å². The number of fused-ring (bicyclic) bond motifs is 1. The number of carbonyl (C=O) groups is 2. The summed E-state index contributed by atoms with van der Waals surface area (Å²) in [4.78, 5) is 26.8. The first-order valence-electron chi connectivity index (χ1n) is 9.69. The molecular formula is C23H23N3O3. The first-order valence-corrected chi connectivity index (χ1v) is 9.69. The van der Waals surface area contributed by atoms with Gasteiger partial charge in [-0.15, -0.1) is 0 Å². The van der Waals surface area contributed by atoms with Crippen LogP contribution in [0.15, 0.2) is 77.4 Å². The monoisotopic (exact) mass is 389 g/mol. The fourth-order valence-electron chi connectivity index (χ4n) is 3.65. The molecule has 6 heteroatoms. The van der Waals surface area contributed by atoms with Crippen molar-refractivity contribution in [2.45, 2.75) is 19.0 Å². The second kappa shape index (κ2) is 8.75. The van der Waals surface area contributed by atoms with Crippen molar-refractivity contribution in [3.8, 4) is 0 Å². The van der Waals surface area contributed by atoms with Gasteiger partial charge in [-0.3, -0.25) is 14.5 Å². The summed E-state index contributed by atoms with van der Waals surface area (Å²) in [5.74, 6) is -0.575. The Morgan fingerprint density at radius 3 is 2.45 bits per heavy atom. The van der Waals surface area contributed by atoms with Crippen LogP contribution in [0.5, 0.6) is 0 Å². The first-order chi connectivity index (χ1) is 14.2. The summed E-state index contributed by atoms with van der Waals surface area (Å²) in [6, 6.07) is 20.9. The maximum Gasteiger partial charge on any atom is 0.313 e. The zero-order valence-electron chi connectivity index (χ0n) is 16.0. The van der Waals surface area contributed by atoms with Crippen molar-refractivity contribution in [1.82, 2.24) is 10.2 Å². The van der Waals surface area contributed by atoms with E-state index in [0.29, 0.717) is 5.69 Å². The molecule has 1 aliphatic heterocycles. The Kier molecular flexibility index (Phi) is 5.72. The lowest BCUT2D eigenvalue weighted by molar-refractivity contribution is -0.136. The largest absolute Gasteiger partial charge is 0.468 e. The molecule has 1 aromatic heterocycles. The van der Waals surface area contributed by atoms with E-state index in [9.17, 15) is 9.59 Å². The van der Waals surface area contributed by atoms with Crippen LogP contribution in [0.4, 0.5) is 5.69 Å². The van der Waals surface area contributed by atoms with Crippen LogP contribution in [0.2, 0.25) is 0 Å². The smallest absolute Gasteiger partial charge is 0.313 e. The lowest BCUT2D eigenvalue weighted by Crippen LogP contribution is -2.43. The van der Waals surface area contributed by atoms with Gasteiger partial charge in [-0.2, -0.15) is 0 Å². The van der Waals surface area contributed by atoms with E-state index >= 15 is 0 Å². The number of anilines is 1. The van der Waals surface area contributed by atoms with Crippen LogP contribution in [0, 0.1) is 0 Å². The number of carbonyl (C=O) groups excluding carboxylic acids is 2. The van der Waals surface area contributed by atoms with E-state index in [-0.39, 0.29) is 12.6 Å². The predicted molar refractivity (Wildman–Crippen MR) is 110 cm³/mol. The highest BCUT2D eigenvalue weighted by molar-refractivity contribution is 6.39. The summed E-state index contributed by atoms with van der Waals surface area (Å²) in [6.45, 7) is 1.92. The molecule has 4 rings (SSSR count). The van der Waals surface area contributed by atoms with Crippen LogP contribution >= 0.6 is 0 Å². The lowest BCUT2D eigenvalue weighted by atomic mass is 9.98. The van der Waals surface area contributed by atoms with Gasteiger partial charge in [0.15, 0.2) is 0 Å². The highest BCUT2D eigenvalue weighted by Gasteiger charge is 2.27. The number of para-hydroxylation sites is 1. The Hall–Kier alpha value is -3.38. The van der Waals surface area contributed by atoms with Crippen molar-refractivity contribution in [3.05, 3.63) is 89.9 Å². The van der Waals surface area contributed by atoms with Crippen LogP contribution in [0.25, 0.3) is 0 Å². The number of rotatable bonds is 5. The zero-order valence-corrected chi connectivity index (χ0v) is 16.0. The van der Waals surface area contributed by atoms with Crippen molar-refractivity contribution < 1.29 is 14.0 Å². The van der Waals surface area contributed by atoms with Gasteiger partial charge >= 0.3 is 11.8 Å². The SMILES string of the molecule is O=C(NC[C@@H](c1ccco1)N1CCc2ccccc2C1)C(=O)Nc1ccccc1. The van der Waals surface area contributed by atoms with E-state index < -0.39 is 11.8 Å². The molecule has 0 spiro atoms. The number of amides is 2. The molecule has 2 N–H and O–H groups in total. The second-order valence-electron chi connectivity index (χ2n) is 7.05. The maximum absolute atomic E-state index is 12.3. The maximum atomic E-state index is 12.3. The molecule has 0 aliphatic carbocycles. The molecule has 2 aromatic carbocycles. The molecule has 0 saturated heterocycles. The second-order valence-corrected chi connectivity index (χ2v) is 7.05. The number of benzene rings is 2. The van der Waals surface area contributed by atoms with Crippen molar-refractivity contribution in [2.24, 2.45) is 0 Å². The topological polar surface area (TPSA) is 74.6 Å². The fourth-order valence-corrected chi connectivity index (χ4v) is 3.65. The van der Waals surface area contributed by atoms with Crippen LogP contribution in [0.3, 0.4) is 0 Å². The van der Waals surface area contributed by atoms with E-state index in [2.05, 4.69) is 33.7 Å². The summed E-state index contributed by atoms with van der Waals surface area (Å²) in [6.07, 6.45) is 2.57. The standard InChI is InChI=1S/C23H23N3O3/c27-22(23(28)25-19-9-2-1-3-10-19)24-15-20(21-11-6-14-29-21)26-13-12-17-7-4-5-8-18(17)16-26/h1-11,14,20H,12-13,15-16H2,(H,24,27)(H,25,28)/t20-/m0/s1. The van der Waals surface area contributed by atoms with E-state index in [0.717, 1.165) is 25.3 Å². The third-order valence-corrected chi connectivity index (χ3v) is 5.17. The predicted octanol–water partition coefficient (Wildman–Crippen LogP) is 3.13. The van der Waals surface area contributed by atoms with Crippen LogP contribution in [-0.2, 0) is 22.6 Å². The number of furan rings is 1. The molecule has 0 unspecified atom stereocenters.